The number of fused-ring (bicyclic) bond motifs is 2. The molecule has 0 aliphatic heterocycles. The van der Waals surface area contributed by atoms with Crippen molar-refractivity contribution in [2.45, 2.75) is 76.5 Å². The third-order valence-corrected chi connectivity index (χ3v) is 8.09. The first-order valence-electron chi connectivity index (χ1n) is 15.8. The molecule has 2 aromatic carbocycles. The molecule has 4 atom stereocenters. The van der Waals surface area contributed by atoms with E-state index in [0.717, 1.165) is 32.9 Å². The first kappa shape index (κ1) is 34.2. The number of carbonyl (C=O) groups is 4. The molecule has 246 valence electrons. The monoisotopic (exact) mass is 631 g/mol. The molecule has 4 unspecified atom stereocenters. The Labute approximate surface area is 268 Å². The number of benzene rings is 2. The van der Waals surface area contributed by atoms with Crippen LogP contribution in [-0.2, 0) is 32.0 Å². The van der Waals surface area contributed by atoms with E-state index in [2.05, 4.69) is 25.9 Å². The van der Waals surface area contributed by atoms with E-state index in [9.17, 15) is 24.3 Å². The van der Waals surface area contributed by atoms with Gasteiger partial charge in [-0.15, -0.1) is 0 Å². The highest BCUT2D eigenvalue weighted by Gasteiger charge is 2.31. The molecule has 4 aromatic rings. The number of aromatic nitrogens is 2. The maximum Gasteiger partial charge on any atom is 0.326 e. The number of aromatic amines is 2. The van der Waals surface area contributed by atoms with E-state index in [0.29, 0.717) is 19.4 Å². The number of nitrogens with one attached hydrogen (secondary N) is 5. The molecular formula is C34H45N7O5. The van der Waals surface area contributed by atoms with Crippen molar-refractivity contribution in [1.29, 1.82) is 0 Å². The van der Waals surface area contributed by atoms with E-state index in [-0.39, 0.29) is 31.6 Å². The number of aliphatic carboxylic acids is 1. The number of unbranched alkanes of at least 4 members (excludes halogenated alkanes) is 1. The Balaban J connectivity index is 1.55. The van der Waals surface area contributed by atoms with E-state index >= 15 is 0 Å². The lowest BCUT2D eigenvalue weighted by Gasteiger charge is -2.25. The third kappa shape index (κ3) is 8.95. The highest BCUT2D eigenvalue weighted by Crippen LogP contribution is 2.21. The molecule has 10 N–H and O–H groups in total. The number of carboxylic acids is 1. The smallest absolute Gasteiger partial charge is 0.326 e. The van der Waals surface area contributed by atoms with E-state index in [4.69, 9.17) is 11.5 Å². The highest BCUT2D eigenvalue weighted by molar-refractivity contribution is 5.95. The van der Waals surface area contributed by atoms with Gasteiger partial charge in [-0.1, -0.05) is 50.2 Å². The van der Waals surface area contributed by atoms with Crippen LogP contribution in [0, 0.1) is 5.92 Å². The van der Waals surface area contributed by atoms with Gasteiger partial charge in [0.2, 0.25) is 17.7 Å². The van der Waals surface area contributed by atoms with Gasteiger partial charge in [0.05, 0.1) is 6.04 Å². The zero-order valence-electron chi connectivity index (χ0n) is 26.3. The van der Waals surface area contributed by atoms with Crippen LogP contribution < -0.4 is 27.4 Å². The number of rotatable bonds is 17. The number of hydrogen-bond donors (Lipinski definition) is 8. The predicted molar refractivity (Wildman–Crippen MR) is 178 cm³/mol. The van der Waals surface area contributed by atoms with Gasteiger partial charge in [0.15, 0.2) is 0 Å². The molecule has 0 saturated carbocycles. The van der Waals surface area contributed by atoms with E-state index in [1.807, 2.05) is 68.6 Å². The molecular weight excluding hydrogens is 586 g/mol. The zero-order valence-corrected chi connectivity index (χ0v) is 26.3. The Morgan fingerprint density at radius 2 is 1.26 bits per heavy atom. The number of para-hydroxylation sites is 2. The summed E-state index contributed by atoms with van der Waals surface area (Å²) >= 11 is 0. The van der Waals surface area contributed by atoms with Crippen LogP contribution in [-0.4, -0.2) is 69.5 Å². The van der Waals surface area contributed by atoms with Crippen LogP contribution in [0.15, 0.2) is 60.9 Å². The van der Waals surface area contributed by atoms with Gasteiger partial charge >= 0.3 is 5.97 Å². The van der Waals surface area contributed by atoms with Crippen LogP contribution in [0.3, 0.4) is 0 Å². The average Bonchev–Trinajstić information content (AvgIpc) is 3.63. The molecule has 0 spiro atoms. The lowest BCUT2D eigenvalue weighted by molar-refractivity contribution is -0.142. The second-order valence-electron chi connectivity index (χ2n) is 12.2. The molecule has 2 heterocycles. The number of nitrogens with two attached hydrogens (primary N) is 2. The van der Waals surface area contributed by atoms with Gasteiger partial charge < -0.3 is 42.5 Å². The summed E-state index contributed by atoms with van der Waals surface area (Å²) in [6.07, 6.45) is 5.62. The molecule has 3 amide bonds. The molecule has 0 bridgehead atoms. The summed E-state index contributed by atoms with van der Waals surface area (Å²) in [6.45, 7) is 4.13. The molecule has 0 radical (unpaired) electrons. The normalized spacial score (nSPS) is 14.1. The van der Waals surface area contributed by atoms with Crippen LogP contribution in [0.5, 0.6) is 0 Å². The van der Waals surface area contributed by atoms with Crippen molar-refractivity contribution in [2.24, 2.45) is 17.4 Å². The largest absolute Gasteiger partial charge is 0.480 e. The fourth-order valence-corrected chi connectivity index (χ4v) is 5.64. The zero-order chi connectivity index (χ0) is 33.2. The molecule has 2 aromatic heterocycles. The fourth-order valence-electron chi connectivity index (χ4n) is 5.64. The van der Waals surface area contributed by atoms with Crippen molar-refractivity contribution in [3.63, 3.8) is 0 Å². The maximum atomic E-state index is 13.9. The number of amides is 3. The first-order chi connectivity index (χ1) is 22.1. The number of carbonyl (C=O) groups excluding carboxylic acids is 3. The minimum Gasteiger partial charge on any atom is -0.480 e. The Kier molecular flexibility index (Phi) is 11.9. The van der Waals surface area contributed by atoms with Gasteiger partial charge in [0.1, 0.15) is 18.1 Å². The van der Waals surface area contributed by atoms with Gasteiger partial charge in [0.25, 0.3) is 0 Å². The summed E-state index contributed by atoms with van der Waals surface area (Å²) in [5, 5.41) is 19.8. The van der Waals surface area contributed by atoms with Crippen molar-refractivity contribution < 1.29 is 24.3 Å². The second-order valence-corrected chi connectivity index (χ2v) is 12.2. The molecule has 0 aliphatic carbocycles. The van der Waals surface area contributed by atoms with Gasteiger partial charge in [-0.25, -0.2) is 4.79 Å². The van der Waals surface area contributed by atoms with Crippen molar-refractivity contribution in [3.8, 4) is 0 Å². The van der Waals surface area contributed by atoms with Gasteiger partial charge in [0, 0.05) is 40.6 Å². The minimum atomic E-state index is -1.15. The topological polar surface area (TPSA) is 208 Å². The Morgan fingerprint density at radius 1 is 0.739 bits per heavy atom. The summed E-state index contributed by atoms with van der Waals surface area (Å²) in [5.41, 5.74) is 15.5. The highest BCUT2D eigenvalue weighted by atomic mass is 16.4. The maximum absolute atomic E-state index is 13.9. The third-order valence-electron chi connectivity index (χ3n) is 8.09. The molecule has 12 heteroatoms. The summed E-state index contributed by atoms with van der Waals surface area (Å²) < 4.78 is 0. The van der Waals surface area contributed by atoms with Crippen molar-refractivity contribution in [1.82, 2.24) is 25.9 Å². The molecule has 4 rings (SSSR count). The first-order valence-corrected chi connectivity index (χ1v) is 15.8. The van der Waals surface area contributed by atoms with Gasteiger partial charge in [-0.3, -0.25) is 14.4 Å². The Morgan fingerprint density at radius 3 is 1.83 bits per heavy atom. The van der Waals surface area contributed by atoms with Crippen LogP contribution in [0.2, 0.25) is 0 Å². The van der Waals surface area contributed by atoms with Crippen molar-refractivity contribution in [3.05, 3.63) is 72.1 Å². The fraction of sp³-hybridized carbons (Fsp3) is 0.412. The van der Waals surface area contributed by atoms with Gasteiger partial charge in [-0.2, -0.15) is 0 Å². The lowest BCUT2D eigenvalue weighted by Crippen LogP contribution is -2.57. The van der Waals surface area contributed by atoms with Crippen LogP contribution in [0.25, 0.3) is 21.8 Å². The molecule has 46 heavy (non-hydrogen) atoms. The van der Waals surface area contributed by atoms with Crippen LogP contribution >= 0.6 is 0 Å². The summed E-state index contributed by atoms with van der Waals surface area (Å²) in [7, 11) is 0. The van der Waals surface area contributed by atoms with Crippen LogP contribution in [0.1, 0.15) is 50.7 Å². The van der Waals surface area contributed by atoms with Crippen LogP contribution in [0.4, 0.5) is 0 Å². The second kappa shape index (κ2) is 16.1. The molecule has 0 saturated heterocycles. The SMILES string of the molecule is CC(C)CC(NC(=O)C(CCCCN)NC(=O)C(Cc1c[nH]c2ccccc12)NC(=O)C(N)Cc1c[nH]c2ccccc12)C(=O)O. The number of carboxylic acid groups (broad SMARTS) is 1. The minimum absolute atomic E-state index is 0.0240. The Hall–Kier alpha value is -4.68. The molecule has 12 nitrogen and oxygen atoms in total. The summed E-state index contributed by atoms with van der Waals surface area (Å²) in [4.78, 5) is 59.0. The number of H-pyrrole nitrogens is 2. The Bertz CT molecular complexity index is 1640. The van der Waals surface area contributed by atoms with E-state index in [1.165, 1.54) is 0 Å². The summed E-state index contributed by atoms with van der Waals surface area (Å²) in [5.74, 6) is -2.83. The van der Waals surface area contributed by atoms with E-state index in [1.54, 1.807) is 6.20 Å². The van der Waals surface area contributed by atoms with E-state index < -0.39 is 47.9 Å². The van der Waals surface area contributed by atoms with Gasteiger partial charge in [-0.05, 0) is 67.8 Å². The predicted octanol–water partition coefficient (Wildman–Crippen LogP) is 2.48. The van der Waals surface area contributed by atoms with Crippen molar-refractivity contribution >= 4 is 45.5 Å². The molecule has 0 aliphatic rings. The summed E-state index contributed by atoms with van der Waals surface area (Å²) in [6, 6.07) is 11.2. The average molecular weight is 632 g/mol. The van der Waals surface area contributed by atoms with Crippen molar-refractivity contribution in [2.75, 3.05) is 6.54 Å². The lowest BCUT2D eigenvalue weighted by atomic mass is 10.0. The quantitative estimate of drug-likeness (QED) is 0.0816. The standard InChI is InChI=1S/C34H45N7O5/c1-20(2)15-30(34(45)46)41-32(43)28(13-7-8-14-35)39-33(44)29(17-22-19-38-27-12-6-4-10-24(22)27)40-31(42)25(36)16-21-18-37-26-11-5-3-9-23(21)26/h3-6,9-12,18-20,25,28-30,37-38H,7-8,13-17,35-36H2,1-2H3,(H,39,44)(H,40,42)(H,41,43)(H,45,46). The number of hydrogen-bond acceptors (Lipinski definition) is 6. The molecule has 0 fully saturated rings.